The zero-order valence-electron chi connectivity index (χ0n) is 9.18. The van der Waals surface area contributed by atoms with Gasteiger partial charge in [0.1, 0.15) is 5.37 Å². The lowest BCUT2D eigenvalue weighted by Crippen LogP contribution is -2.04. The Morgan fingerprint density at radius 3 is 2.89 bits per heavy atom. The van der Waals surface area contributed by atoms with Gasteiger partial charge in [-0.3, -0.25) is 9.48 Å². The van der Waals surface area contributed by atoms with E-state index in [2.05, 4.69) is 5.10 Å². The summed E-state index contributed by atoms with van der Waals surface area (Å²) in [7, 11) is 0. The molecule has 1 aliphatic rings. The number of nitrogens with zero attached hydrogens (tertiary/aromatic N) is 2. The van der Waals surface area contributed by atoms with Gasteiger partial charge in [-0.05, 0) is 11.8 Å². The molecular weight excluding hydrogens is 256 g/mol. The number of carboxylic acids is 1. The molecule has 18 heavy (non-hydrogen) atoms. The van der Waals surface area contributed by atoms with Crippen LogP contribution < -0.4 is 0 Å². The highest BCUT2D eigenvalue weighted by atomic mass is 32.2. The summed E-state index contributed by atoms with van der Waals surface area (Å²) >= 11 is 1.59. The van der Waals surface area contributed by atoms with Crippen molar-refractivity contribution in [3.8, 4) is 0 Å². The maximum absolute atomic E-state index is 11.6. The molecule has 2 heterocycles. The van der Waals surface area contributed by atoms with Crippen LogP contribution in [0.2, 0.25) is 0 Å². The summed E-state index contributed by atoms with van der Waals surface area (Å²) in [5.41, 5.74) is 0.246. The smallest absolute Gasteiger partial charge is 0.371 e. The van der Waals surface area contributed by atoms with Crippen molar-refractivity contribution in [3.05, 3.63) is 41.3 Å². The molecule has 1 atom stereocenters. The molecule has 0 bridgehead atoms. The van der Waals surface area contributed by atoms with Gasteiger partial charge in [-0.15, -0.1) is 11.8 Å². The van der Waals surface area contributed by atoms with E-state index in [1.54, 1.807) is 22.6 Å². The van der Waals surface area contributed by atoms with E-state index in [1.807, 2.05) is 11.5 Å². The predicted octanol–water partition coefficient (Wildman–Crippen LogP) is 1.74. The Kier molecular flexibility index (Phi) is 3.52. The number of ketones is 1. The van der Waals surface area contributed by atoms with E-state index in [9.17, 15) is 9.59 Å². The number of hydrogen-bond donors (Lipinski definition) is 2. The topological polar surface area (TPSA) is 92.4 Å². The Hall–Kier alpha value is -2.02. The third kappa shape index (κ3) is 2.62. The Bertz CT molecular complexity index is 539. The lowest BCUT2D eigenvalue weighted by atomic mass is 10.2. The number of allylic oxidation sites excluding steroid dienone is 2. The maximum Gasteiger partial charge on any atom is 0.371 e. The molecule has 0 aliphatic carbocycles. The zero-order valence-corrected chi connectivity index (χ0v) is 10.0. The first-order valence-electron chi connectivity index (χ1n) is 5.11. The first-order chi connectivity index (χ1) is 8.58. The number of aliphatic hydroxyl groups excluding tert-OH is 1. The molecule has 94 valence electrons. The number of carbonyl (C=O) groups excluding carboxylic acids is 1. The van der Waals surface area contributed by atoms with Gasteiger partial charge in [0.05, 0.1) is 11.8 Å². The van der Waals surface area contributed by atoms with Crippen molar-refractivity contribution >= 4 is 23.5 Å². The summed E-state index contributed by atoms with van der Waals surface area (Å²) in [5, 5.41) is 23.6. The van der Waals surface area contributed by atoms with Crippen molar-refractivity contribution in [3.63, 3.8) is 0 Å². The van der Waals surface area contributed by atoms with Gasteiger partial charge in [0, 0.05) is 12.3 Å². The molecule has 0 radical (unpaired) electrons. The van der Waals surface area contributed by atoms with E-state index in [0.29, 0.717) is 6.08 Å². The van der Waals surface area contributed by atoms with Crippen LogP contribution in [-0.2, 0) is 4.79 Å². The molecule has 7 heteroatoms. The van der Waals surface area contributed by atoms with Crippen LogP contribution in [0.3, 0.4) is 0 Å². The van der Waals surface area contributed by atoms with E-state index in [-0.39, 0.29) is 10.9 Å². The van der Waals surface area contributed by atoms with Crippen LogP contribution in [-0.4, -0.2) is 31.7 Å². The lowest BCUT2D eigenvalue weighted by molar-refractivity contribution is -0.135. The average Bonchev–Trinajstić information content (AvgIpc) is 2.99. The largest absolute Gasteiger partial charge is 0.502 e. The van der Waals surface area contributed by atoms with E-state index < -0.39 is 17.5 Å². The standard InChI is InChI=1S/C11H10N2O4S/c14-8(4-9(15)11(16)17)7-5-12-13(6-7)10-2-1-3-18-10/h1,3-6,10,15H,2H2,(H,16,17). The Morgan fingerprint density at radius 1 is 1.50 bits per heavy atom. The van der Waals surface area contributed by atoms with Crippen molar-refractivity contribution < 1.29 is 19.8 Å². The van der Waals surface area contributed by atoms with Gasteiger partial charge < -0.3 is 10.2 Å². The second-order valence-electron chi connectivity index (χ2n) is 3.61. The normalized spacial score (nSPS) is 19.1. The number of rotatable bonds is 4. The number of carbonyl (C=O) groups is 2. The second-order valence-corrected chi connectivity index (χ2v) is 4.69. The summed E-state index contributed by atoms with van der Waals surface area (Å²) in [4.78, 5) is 22.0. The van der Waals surface area contributed by atoms with Crippen molar-refractivity contribution in [2.45, 2.75) is 11.8 Å². The fourth-order valence-electron chi connectivity index (χ4n) is 1.44. The molecule has 0 aromatic carbocycles. The van der Waals surface area contributed by atoms with Crippen LogP contribution in [0.4, 0.5) is 0 Å². The molecule has 0 saturated carbocycles. The molecule has 0 amide bonds. The lowest BCUT2D eigenvalue weighted by Gasteiger charge is -2.07. The molecule has 0 spiro atoms. The van der Waals surface area contributed by atoms with Crippen LogP contribution >= 0.6 is 11.8 Å². The van der Waals surface area contributed by atoms with Crippen LogP contribution in [0.15, 0.2) is 35.7 Å². The van der Waals surface area contributed by atoms with Crippen LogP contribution in [0.5, 0.6) is 0 Å². The Morgan fingerprint density at radius 2 is 2.28 bits per heavy atom. The van der Waals surface area contributed by atoms with E-state index in [0.717, 1.165) is 6.42 Å². The number of aliphatic carboxylic acids is 1. The summed E-state index contributed by atoms with van der Waals surface area (Å²) in [6, 6.07) is 0. The number of carboxylic acid groups (broad SMARTS) is 1. The zero-order chi connectivity index (χ0) is 13.1. The molecule has 0 fully saturated rings. The van der Waals surface area contributed by atoms with E-state index in [4.69, 9.17) is 10.2 Å². The minimum Gasteiger partial charge on any atom is -0.502 e. The van der Waals surface area contributed by atoms with Crippen molar-refractivity contribution in [2.24, 2.45) is 0 Å². The summed E-state index contributed by atoms with van der Waals surface area (Å²) in [5.74, 6) is -3.10. The van der Waals surface area contributed by atoms with Gasteiger partial charge in [0.15, 0.2) is 5.78 Å². The molecule has 1 aromatic rings. The van der Waals surface area contributed by atoms with Gasteiger partial charge in [0.2, 0.25) is 5.76 Å². The van der Waals surface area contributed by atoms with Crippen LogP contribution in [0.1, 0.15) is 22.2 Å². The fourth-order valence-corrected chi connectivity index (χ4v) is 2.30. The minimum absolute atomic E-state index is 0.128. The van der Waals surface area contributed by atoms with Gasteiger partial charge in [-0.1, -0.05) is 6.08 Å². The third-order valence-electron chi connectivity index (χ3n) is 2.34. The third-order valence-corrected chi connectivity index (χ3v) is 3.41. The maximum atomic E-state index is 11.6. The highest BCUT2D eigenvalue weighted by molar-refractivity contribution is 8.02. The summed E-state index contributed by atoms with van der Waals surface area (Å²) in [6.07, 6.45) is 6.40. The van der Waals surface area contributed by atoms with Gasteiger partial charge in [-0.2, -0.15) is 5.10 Å². The Labute approximate surface area is 107 Å². The fraction of sp³-hybridized carbons (Fsp3) is 0.182. The molecule has 2 N–H and O–H groups in total. The Balaban J connectivity index is 2.12. The molecule has 6 nitrogen and oxygen atoms in total. The summed E-state index contributed by atoms with van der Waals surface area (Å²) in [6.45, 7) is 0. The van der Waals surface area contributed by atoms with Crippen molar-refractivity contribution in [2.75, 3.05) is 0 Å². The number of thioether (sulfide) groups is 1. The van der Waals surface area contributed by atoms with Gasteiger partial charge in [0.25, 0.3) is 0 Å². The number of hydrogen-bond acceptors (Lipinski definition) is 5. The molecule has 1 unspecified atom stereocenters. The van der Waals surface area contributed by atoms with E-state index >= 15 is 0 Å². The molecule has 1 aromatic heterocycles. The molecule has 2 rings (SSSR count). The quantitative estimate of drug-likeness (QED) is 0.490. The highest BCUT2D eigenvalue weighted by Gasteiger charge is 2.16. The average molecular weight is 266 g/mol. The van der Waals surface area contributed by atoms with Crippen LogP contribution in [0.25, 0.3) is 0 Å². The first-order valence-corrected chi connectivity index (χ1v) is 6.05. The monoisotopic (exact) mass is 266 g/mol. The first kappa shape index (κ1) is 12.4. The predicted molar refractivity (Wildman–Crippen MR) is 65.3 cm³/mol. The number of aromatic nitrogens is 2. The van der Waals surface area contributed by atoms with Crippen molar-refractivity contribution in [1.82, 2.24) is 9.78 Å². The van der Waals surface area contributed by atoms with Gasteiger partial charge in [-0.25, -0.2) is 4.79 Å². The van der Waals surface area contributed by atoms with E-state index in [1.165, 1.54) is 6.20 Å². The second kappa shape index (κ2) is 5.09. The molecule has 1 aliphatic heterocycles. The van der Waals surface area contributed by atoms with Crippen LogP contribution in [0, 0.1) is 0 Å². The van der Waals surface area contributed by atoms with Crippen molar-refractivity contribution in [1.29, 1.82) is 0 Å². The molecular formula is C11H10N2O4S. The highest BCUT2D eigenvalue weighted by Crippen LogP contribution is 2.33. The summed E-state index contributed by atoms with van der Waals surface area (Å²) < 4.78 is 1.64. The molecule has 0 saturated heterocycles. The number of aliphatic hydroxyl groups is 1. The van der Waals surface area contributed by atoms with Gasteiger partial charge >= 0.3 is 5.97 Å². The minimum atomic E-state index is -1.54. The SMILES string of the molecule is O=C(O)C(O)=CC(=O)c1cnn(C2CC=CS2)c1.